The molecule has 0 aromatic heterocycles. The smallest absolute Gasteiger partial charge is 0.0627 e. The Morgan fingerprint density at radius 1 is 0.769 bits per heavy atom. The van der Waals surface area contributed by atoms with E-state index in [2.05, 4.69) is 13.2 Å². The minimum Gasteiger partial charge on any atom is -0.396 e. The molecule has 0 aromatic carbocycles. The fourth-order valence-corrected chi connectivity index (χ4v) is 0.300. The molecule has 0 aliphatic rings. The van der Waals surface area contributed by atoms with Crippen LogP contribution in [0.25, 0.3) is 0 Å². The Balaban J connectivity index is 0. The van der Waals surface area contributed by atoms with Gasteiger partial charge < -0.3 is 20.4 Å². The highest BCUT2D eigenvalue weighted by molar-refractivity contribution is 4.88. The Bertz CT molecular complexity index is 106. The number of hydrogen-bond donors (Lipinski definition) is 4. The maximum Gasteiger partial charge on any atom is 0.0627 e. The second-order valence-electron chi connectivity index (χ2n) is 2.60. The SMILES string of the molecule is C=CC=C.OCC(CO)(CO)CO. The van der Waals surface area contributed by atoms with E-state index < -0.39 is 31.8 Å². The molecule has 0 aliphatic heterocycles. The highest BCUT2D eigenvalue weighted by Gasteiger charge is 2.26. The molecule has 0 atom stereocenters. The predicted molar refractivity (Wildman–Crippen MR) is 51.2 cm³/mol. The average molecular weight is 190 g/mol. The Hall–Kier alpha value is -0.680. The van der Waals surface area contributed by atoms with E-state index in [-0.39, 0.29) is 0 Å². The second kappa shape index (κ2) is 9.41. The molecule has 78 valence electrons. The summed E-state index contributed by atoms with van der Waals surface area (Å²) in [6, 6.07) is 0. The predicted octanol–water partition coefficient (Wildman–Crippen LogP) is -0.700. The van der Waals surface area contributed by atoms with Crippen molar-refractivity contribution in [3.8, 4) is 0 Å². The van der Waals surface area contributed by atoms with Gasteiger partial charge in [0.1, 0.15) is 0 Å². The van der Waals surface area contributed by atoms with Crippen LogP contribution in [0.2, 0.25) is 0 Å². The highest BCUT2D eigenvalue weighted by Crippen LogP contribution is 2.11. The summed E-state index contributed by atoms with van der Waals surface area (Å²) in [5.74, 6) is 0. The molecule has 13 heavy (non-hydrogen) atoms. The number of allylic oxidation sites excluding steroid dienone is 2. The lowest BCUT2D eigenvalue weighted by Gasteiger charge is -2.23. The highest BCUT2D eigenvalue weighted by atomic mass is 16.3. The topological polar surface area (TPSA) is 80.9 Å². The normalized spacial score (nSPS) is 9.85. The summed E-state index contributed by atoms with van der Waals surface area (Å²) in [4.78, 5) is 0. The van der Waals surface area contributed by atoms with Gasteiger partial charge in [0.25, 0.3) is 0 Å². The van der Waals surface area contributed by atoms with Gasteiger partial charge in [0.15, 0.2) is 0 Å². The molecule has 0 aromatic rings. The van der Waals surface area contributed by atoms with Crippen LogP contribution in [0.15, 0.2) is 25.3 Å². The van der Waals surface area contributed by atoms with E-state index in [1.807, 2.05) is 0 Å². The molecule has 0 fully saturated rings. The maximum atomic E-state index is 8.50. The van der Waals surface area contributed by atoms with Crippen molar-refractivity contribution in [2.45, 2.75) is 0 Å². The summed E-state index contributed by atoms with van der Waals surface area (Å²) in [5, 5.41) is 34.0. The van der Waals surface area contributed by atoms with Gasteiger partial charge in [0.2, 0.25) is 0 Å². The van der Waals surface area contributed by atoms with Crippen molar-refractivity contribution in [2.24, 2.45) is 5.41 Å². The lowest BCUT2D eigenvalue weighted by Crippen LogP contribution is -2.37. The first kappa shape index (κ1) is 14.8. The minimum atomic E-state index is -1.11. The summed E-state index contributed by atoms with van der Waals surface area (Å²) in [6.07, 6.45) is 3.28. The van der Waals surface area contributed by atoms with E-state index in [0.717, 1.165) is 0 Å². The summed E-state index contributed by atoms with van der Waals surface area (Å²) < 4.78 is 0. The van der Waals surface area contributed by atoms with E-state index in [1.54, 1.807) is 12.2 Å². The molecule has 0 spiro atoms. The van der Waals surface area contributed by atoms with Crippen LogP contribution in [0, 0.1) is 5.41 Å². The number of hydrogen-bond acceptors (Lipinski definition) is 4. The zero-order chi connectivity index (χ0) is 10.7. The third kappa shape index (κ3) is 6.48. The molecular formula is C9H18O4. The monoisotopic (exact) mass is 190 g/mol. The van der Waals surface area contributed by atoms with Crippen LogP contribution in [0.4, 0.5) is 0 Å². The summed E-state index contributed by atoms with van der Waals surface area (Å²) in [5.41, 5.74) is -1.11. The molecule has 4 N–H and O–H groups in total. The quantitative estimate of drug-likeness (QED) is 0.432. The Kier molecular flexibility index (Phi) is 10.7. The molecule has 0 bridgehead atoms. The summed E-state index contributed by atoms with van der Waals surface area (Å²) in [7, 11) is 0. The second-order valence-corrected chi connectivity index (χ2v) is 2.60. The van der Waals surface area contributed by atoms with Crippen LogP contribution in [0.3, 0.4) is 0 Å². The van der Waals surface area contributed by atoms with Crippen LogP contribution < -0.4 is 0 Å². The van der Waals surface area contributed by atoms with E-state index in [4.69, 9.17) is 20.4 Å². The van der Waals surface area contributed by atoms with Crippen molar-refractivity contribution in [1.82, 2.24) is 0 Å². The van der Waals surface area contributed by atoms with Crippen molar-refractivity contribution in [3.63, 3.8) is 0 Å². The third-order valence-corrected chi connectivity index (χ3v) is 1.51. The van der Waals surface area contributed by atoms with Crippen molar-refractivity contribution in [3.05, 3.63) is 25.3 Å². The molecule has 0 heterocycles. The average Bonchev–Trinajstić information content (AvgIpc) is 2.23. The lowest BCUT2D eigenvalue weighted by molar-refractivity contribution is -0.0328. The molecule has 0 saturated heterocycles. The van der Waals surface area contributed by atoms with Crippen molar-refractivity contribution >= 4 is 0 Å². The molecule has 0 rings (SSSR count). The minimum absolute atomic E-state index is 0.406. The van der Waals surface area contributed by atoms with Crippen molar-refractivity contribution < 1.29 is 20.4 Å². The lowest BCUT2D eigenvalue weighted by atomic mass is 9.93. The van der Waals surface area contributed by atoms with Crippen LogP contribution in [0.5, 0.6) is 0 Å². The van der Waals surface area contributed by atoms with Gasteiger partial charge in [-0.1, -0.05) is 25.3 Å². The van der Waals surface area contributed by atoms with Crippen LogP contribution in [0.1, 0.15) is 0 Å². The Morgan fingerprint density at radius 3 is 1.00 bits per heavy atom. The van der Waals surface area contributed by atoms with Gasteiger partial charge in [-0.2, -0.15) is 0 Å². The maximum absolute atomic E-state index is 8.50. The van der Waals surface area contributed by atoms with E-state index in [9.17, 15) is 0 Å². The number of rotatable bonds is 5. The van der Waals surface area contributed by atoms with Gasteiger partial charge in [-0.25, -0.2) is 0 Å². The van der Waals surface area contributed by atoms with Gasteiger partial charge in [-0.3, -0.25) is 0 Å². The van der Waals surface area contributed by atoms with Crippen LogP contribution >= 0.6 is 0 Å². The molecular weight excluding hydrogens is 172 g/mol. The fourth-order valence-electron chi connectivity index (χ4n) is 0.300. The molecule has 0 unspecified atom stereocenters. The van der Waals surface area contributed by atoms with Gasteiger partial charge >= 0.3 is 0 Å². The Morgan fingerprint density at radius 2 is 1.00 bits per heavy atom. The molecule has 0 radical (unpaired) electrons. The zero-order valence-electron chi connectivity index (χ0n) is 7.69. The van der Waals surface area contributed by atoms with Crippen LogP contribution in [-0.4, -0.2) is 46.9 Å². The van der Waals surface area contributed by atoms with E-state index in [1.165, 1.54) is 0 Å². The van der Waals surface area contributed by atoms with E-state index >= 15 is 0 Å². The standard InChI is InChI=1S/C5H12O4.C4H6/c6-1-5(2-7,3-8)4-9;1-3-4-2/h6-9H,1-4H2;3-4H,1-2H2. The first-order chi connectivity index (χ1) is 6.16. The van der Waals surface area contributed by atoms with Gasteiger partial charge in [0, 0.05) is 0 Å². The summed E-state index contributed by atoms with van der Waals surface area (Å²) in [6.45, 7) is 5.10. The summed E-state index contributed by atoms with van der Waals surface area (Å²) >= 11 is 0. The molecule has 0 aliphatic carbocycles. The van der Waals surface area contributed by atoms with Crippen LogP contribution in [-0.2, 0) is 0 Å². The molecule has 4 nitrogen and oxygen atoms in total. The Labute approximate surface area is 78.5 Å². The van der Waals surface area contributed by atoms with Gasteiger partial charge in [-0.05, 0) is 0 Å². The van der Waals surface area contributed by atoms with Crippen molar-refractivity contribution in [2.75, 3.05) is 26.4 Å². The van der Waals surface area contributed by atoms with Crippen molar-refractivity contribution in [1.29, 1.82) is 0 Å². The van der Waals surface area contributed by atoms with Gasteiger partial charge in [-0.15, -0.1) is 0 Å². The third-order valence-electron chi connectivity index (χ3n) is 1.51. The van der Waals surface area contributed by atoms with Gasteiger partial charge in [0.05, 0.1) is 31.8 Å². The molecule has 0 saturated carbocycles. The van der Waals surface area contributed by atoms with E-state index in [0.29, 0.717) is 0 Å². The number of aliphatic hydroxyl groups is 4. The molecule has 0 amide bonds. The first-order valence-electron chi connectivity index (χ1n) is 3.83. The largest absolute Gasteiger partial charge is 0.396 e. The molecule has 4 heteroatoms. The zero-order valence-corrected chi connectivity index (χ0v) is 7.69. The first-order valence-corrected chi connectivity index (χ1v) is 3.83. The fraction of sp³-hybridized carbons (Fsp3) is 0.556. The number of aliphatic hydroxyl groups excluding tert-OH is 4.